The third kappa shape index (κ3) is 4.27. The van der Waals surface area contributed by atoms with Gasteiger partial charge >= 0.3 is 0 Å². The predicted molar refractivity (Wildman–Crippen MR) is 129 cm³/mol. The minimum absolute atomic E-state index is 0.0946. The largest absolute Gasteiger partial charge is 0.497 e. The Hall–Kier alpha value is -3.74. The number of amides is 1. The normalized spacial score (nSPS) is 19.7. The maximum absolute atomic E-state index is 13.9. The third-order valence-electron chi connectivity index (χ3n) is 6.96. The van der Waals surface area contributed by atoms with Gasteiger partial charge in [0.25, 0.3) is 0 Å². The molecule has 1 amide bonds. The van der Waals surface area contributed by atoms with Gasteiger partial charge in [0, 0.05) is 18.1 Å². The Bertz CT molecular complexity index is 1260. The molecule has 2 unspecified atom stereocenters. The minimum atomic E-state index is -0.689. The van der Waals surface area contributed by atoms with E-state index in [9.17, 15) is 9.18 Å². The molecule has 7 heteroatoms. The van der Waals surface area contributed by atoms with Crippen molar-refractivity contribution in [3.63, 3.8) is 0 Å². The Morgan fingerprint density at radius 2 is 1.77 bits per heavy atom. The summed E-state index contributed by atoms with van der Waals surface area (Å²) >= 11 is 0. The summed E-state index contributed by atoms with van der Waals surface area (Å²) in [5, 5.41) is 3.25. The monoisotopic (exact) mass is 477 g/mol. The van der Waals surface area contributed by atoms with Gasteiger partial charge in [-0.1, -0.05) is 18.2 Å². The molecule has 0 saturated heterocycles. The van der Waals surface area contributed by atoms with E-state index in [1.54, 1.807) is 27.4 Å². The van der Waals surface area contributed by atoms with Crippen LogP contribution in [0.3, 0.4) is 0 Å². The van der Waals surface area contributed by atoms with Crippen LogP contribution >= 0.6 is 0 Å². The van der Waals surface area contributed by atoms with E-state index >= 15 is 0 Å². The van der Waals surface area contributed by atoms with E-state index in [-0.39, 0.29) is 23.9 Å². The smallest absolute Gasteiger partial charge is 0.231 e. The molecule has 1 saturated carbocycles. The van der Waals surface area contributed by atoms with Crippen molar-refractivity contribution >= 4 is 5.91 Å². The maximum atomic E-state index is 13.9. The predicted octanol–water partition coefficient (Wildman–Crippen LogP) is 5.26. The first kappa shape index (κ1) is 23.0. The summed E-state index contributed by atoms with van der Waals surface area (Å²) in [6.45, 7) is 0. The van der Waals surface area contributed by atoms with Crippen LogP contribution in [0.15, 0.2) is 60.7 Å². The van der Waals surface area contributed by atoms with Gasteiger partial charge in [-0.2, -0.15) is 0 Å². The fourth-order valence-corrected chi connectivity index (χ4v) is 4.82. The highest BCUT2D eigenvalue weighted by molar-refractivity contribution is 5.91. The Morgan fingerprint density at radius 3 is 2.46 bits per heavy atom. The van der Waals surface area contributed by atoms with Crippen molar-refractivity contribution in [2.75, 3.05) is 21.3 Å². The van der Waals surface area contributed by atoms with Crippen LogP contribution in [-0.2, 0) is 10.2 Å². The third-order valence-corrected chi connectivity index (χ3v) is 6.96. The number of halogens is 1. The molecule has 0 aromatic heterocycles. The lowest BCUT2D eigenvalue weighted by Crippen LogP contribution is -2.39. The number of benzene rings is 3. The molecule has 2 atom stereocenters. The standard InChI is InChI=1S/C28H28FNO5/c1-32-20-8-9-21-22(30-27(31)28(11-12-28)18-5-4-6-19(29)14-18)16-24(35-25(21)15-20)17-7-10-23(33-2)26(13-17)34-3/h4-10,13-15,22,24H,11-12,16H2,1-3H3,(H,30,31). The fourth-order valence-electron chi connectivity index (χ4n) is 4.82. The SMILES string of the molecule is COc1ccc2c(c1)OC(c1ccc(OC)c(OC)c1)CC2NC(=O)C1(c2cccc(F)c2)CC1. The van der Waals surface area contributed by atoms with Crippen molar-refractivity contribution in [1.82, 2.24) is 5.32 Å². The first-order valence-corrected chi connectivity index (χ1v) is 11.6. The molecular weight excluding hydrogens is 449 g/mol. The van der Waals surface area contributed by atoms with Gasteiger partial charge < -0.3 is 24.3 Å². The van der Waals surface area contributed by atoms with Gasteiger partial charge in [-0.3, -0.25) is 4.79 Å². The van der Waals surface area contributed by atoms with Gasteiger partial charge in [-0.25, -0.2) is 4.39 Å². The summed E-state index contributed by atoms with van der Waals surface area (Å²) in [5.41, 5.74) is 1.81. The van der Waals surface area contributed by atoms with E-state index in [1.807, 2.05) is 42.5 Å². The van der Waals surface area contributed by atoms with Crippen LogP contribution in [-0.4, -0.2) is 27.2 Å². The molecule has 6 nitrogen and oxygen atoms in total. The summed E-state index contributed by atoms with van der Waals surface area (Å²) in [5.74, 6) is 2.12. The number of fused-ring (bicyclic) bond motifs is 1. The Morgan fingerprint density at radius 1 is 0.971 bits per heavy atom. The summed E-state index contributed by atoms with van der Waals surface area (Å²) in [6.07, 6.45) is 1.59. The second-order valence-electron chi connectivity index (χ2n) is 8.98. The Kier molecular flexibility index (Phi) is 6.01. The zero-order chi connectivity index (χ0) is 24.6. The molecule has 1 N–H and O–H groups in total. The summed E-state index contributed by atoms with van der Waals surface area (Å²) in [4.78, 5) is 13.5. The van der Waals surface area contributed by atoms with Crippen molar-refractivity contribution in [2.24, 2.45) is 0 Å². The van der Waals surface area contributed by atoms with Crippen molar-refractivity contribution in [3.05, 3.63) is 83.2 Å². The van der Waals surface area contributed by atoms with E-state index in [4.69, 9.17) is 18.9 Å². The number of hydrogen-bond acceptors (Lipinski definition) is 5. The molecule has 0 spiro atoms. The molecule has 2 aliphatic rings. The molecule has 5 rings (SSSR count). The van der Waals surface area contributed by atoms with Crippen LogP contribution < -0.4 is 24.3 Å². The van der Waals surface area contributed by atoms with Gasteiger partial charge in [0.2, 0.25) is 5.91 Å². The van der Waals surface area contributed by atoms with Crippen LogP contribution in [0.2, 0.25) is 0 Å². The number of ether oxygens (including phenoxy) is 4. The highest BCUT2D eigenvalue weighted by Gasteiger charge is 2.52. The van der Waals surface area contributed by atoms with E-state index in [0.717, 1.165) is 11.1 Å². The Balaban J connectivity index is 1.46. The number of hydrogen-bond donors (Lipinski definition) is 1. The van der Waals surface area contributed by atoms with E-state index in [1.165, 1.54) is 12.1 Å². The first-order chi connectivity index (χ1) is 17.0. The highest BCUT2D eigenvalue weighted by atomic mass is 19.1. The van der Waals surface area contributed by atoms with Crippen LogP contribution in [0.1, 0.15) is 48.1 Å². The molecule has 182 valence electrons. The summed E-state index contributed by atoms with van der Waals surface area (Å²) in [6, 6.07) is 17.3. The van der Waals surface area contributed by atoms with E-state index < -0.39 is 5.41 Å². The molecule has 3 aromatic carbocycles. The molecular formula is C28H28FNO5. The first-order valence-electron chi connectivity index (χ1n) is 11.6. The van der Waals surface area contributed by atoms with Gasteiger partial charge in [-0.15, -0.1) is 0 Å². The lowest BCUT2D eigenvalue weighted by Gasteiger charge is -2.34. The average Bonchev–Trinajstić information content (AvgIpc) is 3.70. The number of nitrogens with one attached hydrogen (secondary N) is 1. The molecule has 1 fully saturated rings. The van der Waals surface area contributed by atoms with Gasteiger partial charge in [0.05, 0.1) is 32.8 Å². The quantitative estimate of drug-likeness (QED) is 0.503. The number of carbonyl (C=O) groups is 1. The Labute approximate surface area is 204 Å². The van der Waals surface area contributed by atoms with Crippen molar-refractivity contribution in [1.29, 1.82) is 0 Å². The number of carbonyl (C=O) groups excluding carboxylic acids is 1. The average molecular weight is 478 g/mol. The van der Waals surface area contributed by atoms with Crippen molar-refractivity contribution in [3.8, 4) is 23.0 Å². The lowest BCUT2D eigenvalue weighted by atomic mass is 9.90. The number of rotatable bonds is 7. The summed E-state index contributed by atoms with van der Waals surface area (Å²) < 4.78 is 36.5. The van der Waals surface area contributed by atoms with Crippen molar-refractivity contribution < 1.29 is 28.1 Å². The second kappa shape index (κ2) is 9.13. The zero-order valence-electron chi connectivity index (χ0n) is 20.0. The van der Waals surface area contributed by atoms with Crippen LogP contribution in [0.25, 0.3) is 0 Å². The van der Waals surface area contributed by atoms with Crippen molar-refractivity contribution in [2.45, 2.75) is 36.8 Å². The maximum Gasteiger partial charge on any atom is 0.231 e. The van der Waals surface area contributed by atoms with Crippen LogP contribution in [0.4, 0.5) is 4.39 Å². The molecule has 0 radical (unpaired) electrons. The lowest BCUT2D eigenvalue weighted by molar-refractivity contribution is -0.124. The van der Waals surface area contributed by atoms with Crippen LogP contribution in [0.5, 0.6) is 23.0 Å². The van der Waals surface area contributed by atoms with E-state index in [2.05, 4.69) is 5.32 Å². The van der Waals surface area contributed by atoms with Gasteiger partial charge in [-0.05, 0) is 60.4 Å². The molecule has 1 aliphatic heterocycles. The summed E-state index contributed by atoms with van der Waals surface area (Å²) in [7, 11) is 4.79. The molecule has 0 bridgehead atoms. The molecule has 3 aromatic rings. The molecule has 1 aliphatic carbocycles. The highest BCUT2D eigenvalue weighted by Crippen LogP contribution is 2.50. The number of methoxy groups -OCH3 is 3. The molecule has 1 heterocycles. The fraction of sp³-hybridized carbons (Fsp3) is 0.321. The van der Waals surface area contributed by atoms with E-state index in [0.29, 0.717) is 47.8 Å². The zero-order valence-corrected chi connectivity index (χ0v) is 20.0. The minimum Gasteiger partial charge on any atom is -0.497 e. The van der Waals surface area contributed by atoms with Crippen LogP contribution in [0, 0.1) is 5.82 Å². The molecule has 35 heavy (non-hydrogen) atoms. The topological polar surface area (TPSA) is 66.0 Å². The van der Waals surface area contributed by atoms with Gasteiger partial charge in [0.15, 0.2) is 11.5 Å². The second-order valence-corrected chi connectivity index (χ2v) is 8.98. The van der Waals surface area contributed by atoms with Gasteiger partial charge in [0.1, 0.15) is 23.4 Å².